The molecule has 28 heavy (non-hydrogen) atoms. The smallest absolute Gasteiger partial charge is 0.257 e. The maximum absolute atomic E-state index is 13.8. The van der Waals surface area contributed by atoms with Crippen molar-refractivity contribution in [1.82, 2.24) is 0 Å². The molecule has 0 radical (unpaired) electrons. The fourth-order valence-corrected chi connectivity index (χ4v) is 2.51. The SMILES string of the molecule is COc1ccc(C(=O)Nc2ccccc2C(=O)Nc2ccc(F)cc2F)cc1. The van der Waals surface area contributed by atoms with Crippen molar-refractivity contribution in [3.63, 3.8) is 0 Å². The molecule has 0 spiro atoms. The standard InChI is InChI=1S/C21H16F2N2O3/c1-28-15-9-6-13(7-10-15)20(26)24-18-5-3-2-4-16(18)21(27)25-19-11-8-14(22)12-17(19)23/h2-12H,1H3,(H,24,26)(H,25,27). The number of halogens is 2. The Balaban J connectivity index is 1.80. The molecule has 0 saturated carbocycles. The molecule has 3 rings (SSSR count). The first-order valence-electron chi connectivity index (χ1n) is 8.29. The lowest BCUT2D eigenvalue weighted by Gasteiger charge is -2.12. The number of methoxy groups -OCH3 is 1. The van der Waals surface area contributed by atoms with Crippen molar-refractivity contribution in [1.29, 1.82) is 0 Å². The lowest BCUT2D eigenvalue weighted by atomic mass is 10.1. The third-order valence-electron chi connectivity index (χ3n) is 3.95. The van der Waals surface area contributed by atoms with Crippen molar-refractivity contribution >= 4 is 23.2 Å². The summed E-state index contributed by atoms with van der Waals surface area (Å²) in [6, 6.07) is 15.6. The number of ether oxygens (including phenoxy) is 1. The molecule has 0 aromatic heterocycles. The average Bonchev–Trinajstić information content (AvgIpc) is 2.70. The minimum absolute atomic E-state index is 0.132. The van der Waals surface area contributed by atoms with Crippen molar-refractivity contribution in [2.45, 2.75) is 0 Å². The van der Waals surface area contributed by atoms with Crippen molar-refractivity contribution in [3.05, 3.63) is 89.5 Å². The quantitative estimate of drug-likeness (QED) is 0.684. The van der Waals surface area contributed by atoms with Gasteiger partial charge in [0.15, 0.2) is 0 Å². The molecular weight excluding hydrogens is 366 g/mol. The van der Waals surface area contributed by atoms with Crippen LogP contribution in [0.3, 0.4) is 0 Å². The molecule has 0 atom stereocenters. The number of hydrogen-bond acceptors (Lipinski definition) is 3. The van der Waals surface area contributed by atoms with E-state index in [2.05, 4.69) is 10.6 Å². The summed E-state index contributed by atoms with van der Waals surface area (Å²) in [4.78, 5) is 25.0. The summed E-state index contributed by atoms with van der Waals surface area (Å²) in [6.07, 6.45) is 0. The first kappa shape index (κ1) is 19.0. The fourth-order valence-electron chi connectivity index (χ4n) is 2.51. The summed E-state index contributed by atoms with van der Waals surface area (Å²) in [5, 5.41) is 5.03. The summed E-state index contributed by atoms with van der Waals surface area (Å²) in [7, 11) is 1.52. The largest absolute Gasteiger partial charge is 0.497 e. The van der Waals surface area contributed by atoms with E-state index >= 15 is 0 Å². The molecule has 3 aromatic carbocycles. The highest BCUT2D eigenvalue weighted by Gasteiger charge is 2.16. The van der Waals surface area contributed by atoms with Gasteiger partial charge in [0.2, 0.25) is 0 Å². The van der Waals surface area contributed by atoms with E-state index in [1.165, 1.54) is 13.2 Å². The van der Waals surface area contributed by atoms with Crippen LogP contribution < -0.4 is 15.4 Å². The Bertz CT molecular complexity index is 1020. The van der Waals surface area contributed by atoms with Crippen LogP contribution in [0, 0.1) is 11.6 Å². The average molecular weight is 382 g/mol. The Labute approximate surface area is 160 Å². The summed E-state index contributed by atoms with van der Waals surface area (Å²) in [5.41, 5.74) is 0.597. The summed E-state index contributed by atoms with van der Waals surface area (Å²) >= 11 is 0. The maximum atomic E-state index is 13.8. The van der Waals surface area contributed by atoms with Gasteiger partial charge in [0, 0.05) is 11.6 Å². The van der Waals surface area contributed by atoms with Gasteiger partial charge in [0.25, 0.3) is 11.8 Å². The topological polar surface area (TPSA) is 67.4 Å². The van der Waals surface area contributed by atoms with Crippen LogP contribution in [-0.2, 0) is 0 Å². The zero-order chi connectivity index (χ0) is 20.1. The van der Waals surface area contributed by atoms with E-state index in [1.807, 2.05) is 0 Å². The highest BCUT2D eigenvalue weighted by molar-refractivity contribution is 6.12. The van der Waals surface area contributed by atoms with E-state index in [-0.39, 0.29) is 16.9 Å². The van der Waals surface area contributed by atoms with Gasteiger partial charge in [0.1, 0.15) is 17.4 Å². The molecule has 0 unspecified atom stereocenters. The second-order valence-corrected chi connectivity index (χ2v) is 5.81. The Morgan fingerprint density at radius 3 is 2.18 bits per heavy atom. The zero-order valence-electron chi connectivity index (χ0n) is 14.8. The number of carbonyl (C=O) groups is 2. The monoisotopic (exact) mass is 382 g/mol. The van der Waals surface area contributed by atoms with Crippen LogP contribution in [0.25, 0.3) is 0 Å². The Morgan fingerprint density at radius 2 is 1.50 bits per heavy atom. The molecule has 142 valence electrons. The molecule has 0 saturated heterocycles. The van der Waals surface area contributed by atoms with Gasteiger partial charge in [-0.05, 0) is 48.5 Å². The molecule has 0 heterocycles. The van der Waals surface area contributed by atoms with Crippen molar-refractivity contribution in [2.24, 2.45) is 0 Å². The van der Waals surface area contributed by atoms with Gasteiger partial charge in [-0.25, -0.2) is 8.78 Å². The molecule has 0 aliphatic heterocycles. The van der Waals surface area contributed by atoms with E-state index in [1.54, 1.807) is 42.5 Å². The fraction of sp³-hybridized carbons (Fsp3) is 0.0476. The number of para-hydroxylation sites is 1. The zero-order valence-corrected chi connectivity index (χ0v) is 14.8. The van der Waals surface area contributed by atoms with Crippen molar-refractivity contribution < 1.29 is 23.1 Å². The number of amides is 2. The van der Waals surface area contributed by atoms with Gasteiger partial charge in [0.05, 0.1) is 24.0 Å². The molecule has 2 amide bonds. The second kappa shape index (κ2) is 8.30. The van der Waals surface area contributed by atoms with Gasteiger partial charge in [-0.3, -0.25) is 9.59 Å². The predicted octanol–water partition coefficient (Wildman–Crippen LogP) is 4.48. The number of rotatable bonds is 5. The molecule has 3 aromatic rings. The van der Waals surface area contributed by atoms with Crippen molar-refractivity contribution in [2.75, 3.05) is 17.7 Å². The predicted molar refractivity (Wildman–Crippen MR) is 102 cm³/mol. The van der Waals surface area contributed by atoms with Gasteiger partial charge >= 0.3 is 0 Å². The van der Waals surface area contributed by atoms with E-state index in [0.29, 0.717) is 17.4 Å². The van der Waals surface area contributed by atoms with Crippen LogP contribution >= 0.6 is 0 Å². The highest BCUT2D eigenvalue weighted by atomic mass is 19.1. The summed E-state index contributed by atoms with van der Waals surface area (Å²) < 4.78 is 31.9. The van der Waals surface area contributed by atoms with Crippen LogP contribution in [0.5, 0.6) is 5.75 Å². The maximum Gasteiger partial charge on any atom is 0.257 e. The Morgan fingerprint density at radius 1 is 0.821 bits per heavy atom. The molecule has 0 aliphatic carbocycles. The number of hydrogen-bond donors (Lipinski definition) is 2. The van der Waals surface area contributed by atoms with Crippen LogP contribution in [0.15, 0.2) is 66.7 Å². The number of anilines is 2. The molecule has 0 aliphatic rings. The van der Waals surface area contributed by atoms with Gasteiger partial charge < -0.3 is 15.4 Å². The third-order valence-corrected chi connectivity index (χ3v) is 3.95. The Kier molecular flexibility index (Phi) is 5.64. The number of benzene rings is 3. The van der Waals surface area contributed by atoms with Crippen LogP contribution in [-0.4, -0.2) is 18.9 Å². The Hall–Kier alpha value is -3.74. The summed E-state index contributed by atoms with van der Waals surface area (Å²) in [6.45, 7) is 0. The van der Waals surface area contributed by atoms with Gasteiger partial charge in [-0.1, -0.05) is 12.1 Å². The lowest BCUT2D eigenvalue weighted by molar-refractivity contribution is 0.102. The minimum Gasteiger partial charge on any atom is -0.497 e. The normalized spacial score (nSPS) is 10.2. The van der Waals surface area contributed by atoms with Crippen LogP contribution in [0.2, 0.25) is 0 Å². The minimum atomic E-state index is -0.895. The molecule has 5 nitrogen and oxygen atoms in total. The van der Waals surface area contributed by atoms with Crippen molar-refractivity contribution in [3.8, 4) is 5.75 Å². The highest BCUT2D eigenvalue weighted by Crippen LogP contribution is 2.21. The molecular formula is C21H16F2N2O3. The number of carbonyl (C=O) groups excluding carboxylic acids is 2. The van der Waals surface area contributed by atoms with E-state index < -0.39 is 23.4 Å². The third kappa shape index (κ3) is 4.32. The van der Waals surface area contributed by atoms with E-state index in [0.717, 1.165) is 12.1 Å². The molecule has 7 heteroatoms. The molecule has 2 N–H and O–H groups in total. The van der Waals surface area contributed by atoms with E-state index in [9.17, 15) is 18.4 Å². The van der Waals surface area contributed by atoms with E-state index in [4.69, 9.17) is 4.74 Å². The molecule has 0 fully saturated rings. The van der Waals surface area contributed by atoms with Gasteiger partial charge in [-0.15, -0.1) is 0 Å². The van der Waals surface area contributed by atoms with Gasteiger partial charge in [-0.2, -0.15) is 0 Å². The number of nitrogens with one attached hydrogen (secondary N) is 2. The second-order valence-electron chi connectivity index (χ2n) is 5.81. The van der Waals surface area contributed by atoms with Crippen LogP contribution in [0.1, 0.15) is 20.7 Å². The molecule has 0 bridgehead atoms. The lowest BCUT2D eigenvalue weighted by Crippen LogP contribution is -2.18. The van der Waals surface area contributed by atoms with Crippen LogP contribution in [0.4, 0.5) is 20.2 Å². The first-order chi connectivity index (χ1) is 13.5. The summed E-state index contributed by atoms with van der Waals surface area (Å²) in [5.74, 6) is -2.10. The first-order valence-corrected chi connectivity index (χ1v) is 8.29.